The quantitative estimate of drug-likeness (QED) is 0.301. The van der Waals surface area contributed by atoms with Crippen molar-refractivity contribution in [3.8, 4) is 0 Å². The van der Waals surface area contributed by atoms with E-state index in [4.69, 9.17) is 27.9 Å². The van der Waals surface area contributed by atoms with Crippen molar-refractivity contribution in [3.05, 3.63) is 29.8 Å². The monoisotopic (exact) mass is 474 g/mol. The Labute approximate surface area is 186 Å². The normalized spacial score (nSPS) is 25.6. The van der Waals surface area contributed by atoms with Gasteiger partial charge in [-0.05, 0) is 19.1 Å². The number of hydrogen-bond acceptors (Lipinski definition) is 11. The minimum atomic E-state index is -4.18. The van der Waals surface area contributed by atoms with Gasteiger partial charge in [0, 0.05) is 27.9 Å². The molecule has 0 bridgehead atoms. The largest absolute Gasteiger partial charge is 0.456 e. The van der Waals surface area contributed by atoms with E-state index in [2.05, 4.69) is 0 Å². The Hall–Kier alpha value is -2.54. The fourth-order valence-corrected chi connectivity index (χ4v) is 4.03. The summed E-state index contributed by atoms with van der Waals surface area (Å²) in [4.78, 5) is 34.9. The number of esters is 3. The molecular weight excluding hydrogens is 448 g/mol. The van der Waals surface area contributed by atoms with E-state index in [1.54, 1.807) is 19.1 Å². The maximum absolute atomic E-state index is 12.6. The molecule has 0 spiro atoms. The molecule has 32 heavy (non-hydrogen) atoms. The van der Waals surface area contributed by atoms with Gasteiger partial charge in [0.25, 0.3) is 10.1 Å². The number of rotatable bonds is 8. The maximum Gasteiger partial charge on any atom is 0.303 e. The molecule has 0 saturated carbocycles. The highest BCUT2D eigenvalue weighted by Gasteiger charge is 2.52. The Kier molecular flexibility index (Phi) is 8.73. The zero-order valence-corrected chi connectivity index (χ0v) is 19.1. The fourth-order valence-electron chi connectivity index (χ4n) is 3.11. The minimum Gasteiger partial charge on any atom is -0.456 e. The van der Waals surface area contributed by atoms with Crippen molar-refractivity contribution in [2.45, 2.75) is 63.3 Å². The van der Waals surface area contributed by atoms with Crippen molar-refractivity contribution >= 4 is 28.0 Å². The first-order valence-corrected chi connectivity index (χ1v) is 11.0. The van der Waals surface area contributed by atoms with Crippen LogP contribution in [0.15, 0.2) is 29.2 Å². The lowest BCUT2D eigenvalue weighted by Crippen LogP contribution is -2.62. The summed E-state index contributed by atoms with van der Waals surface area (Å²) in [6.45, 7) is 4.55. The highest BCUT2D eigenvalue weighted by molar-refractivity contribution is 7.86. The van der Waals surface area contributed by atoms with Gasteiger partial charge in [-0.1, -0.05) is 17.7 Å². The smallest absolute Gasteiger partial charge is 0.303 e. The van der Waals surface area contributed by atoms with Gasteiger partial charge in [0.15, 0.2) is 24.6 Å². The Bertz CT molecular complexity index is 925. The molecule has 11 nitrogen and oxygen atoms in total. The number of benzene rings is 1. The van der Waals surface area contributed by atoms with Crippen molar-refractivity contribution < 1.29 is 50.7 Å². The average Bonchev–Trinajstić information content (AvgIpc) is 2.69. The molecule has 1 fully saturated rings. The molecule has 2 rings (SSSR count). The van der Waals surface area contributed by atoms with Crippen LogP contribution in [0, 0.1) is 6.92 Å². The molecular formula is C20H26O11S. The predicted octanol–water partition coefficient (Wildman–Crippen LogP) is 0.867. The summed E-state index contributed by atoms with van der Waals surface area (Å²) in [6.07, 6.45) is -6.46. The van der Waals surface area contributed by atoms with Crippen LogP contribution >= 0.6 is 0 Å². The van der Waals surface area contributed by atoms with Gasteiger partial charge in [-0.25, -0.2) is 0 Å². The van der Waals surface area contributed by atoms with Gasteiger partial charge in [0.05, 0.1) is 11.5 Å². The molecule has 0 unspecified atom stereocenters. The van der Waals surface area contributed by atoms with Crippen LogP contribution in [-0.4, -0.2) is 70.7 Å². The van der Waals surface area contributed by atoms with E-state index in [0.717, 1.165) is 26.3 Å². The van der Waals surface area contributed by atoms with E-state index in [9.17, 15) is 22.8 Å². The second kappa shape index (κ2) is 10.9. The summed E-state index contributed by atoms with van der Waals surface area (Å²) in [5.74, 6) is -2.25. The highest BCUT2D eigenvalue weighted by atomic mass is 32.2. The minimum absolute atomic E-state index is 0.0828. The molecule has 1 aromatic rings. The third-order valence-corrected chi connectivity index (χ3v) is 5.72. The van der Waals surface area contributed by atoms with Crippen molar-refractivity contribution in [3.63, 3.8) is 0 Å². The Balaban J connectivity index is 2.33. The van der Waals surface area contributed by atoms with Crippen molar-refractivity contribution in [1.29, 1.82) is 0 Å². The molecule has 0 radical (unpaired) electrons. The van der Waals surface area contributed by atoms with E-state index in [1.807, 2.05) is 0 Å². The van der Waals surface area contributed by atoms with E-state index in [1.165, 1.54) is 19.2 Å². The molecule has 1 saturated heterocycles. The number of carbonyl (C=O) groups excluding carboxylic acids is 3. The van der Waals surface area contributed by atoms with Gasteiger partial charge >= 0.3 is 17.9 Å². The maximum atomic E-state index is 12.6. The van der Waals surface area contributed by atoms with Crippen LogP contribution < -0.4 is 0 Å². The van der Waals surface area contributed by atoms with Crippen LogP contribution in [0.5, 0.6) is 0 Å². The number of carbonyl (C=O) groups is 3. The Morgan fingerprint density at radius 2 is 1.38 bits per heavy atom. The molecule has 1 aliphatic rings. The number of aryl methyl sites for hydroxylation is 1. The first kappa shape index (κ1) is 25.7. The van der Waals surface area contributed by atoms with Gasteiger partial charge < -0.3 is 23.7 Å². The van der Waals surface area contributed by atoms with Gasteiger partial charge in [0.2, 0.25) is 0 Å². The Morgan fingerprint density at radius 3 is 1.88 bits per heavy atom. The van der Waals surface area contributed by atoms with Gasteiger partial charge in [-0.2, -0.15) is 8.42 Å². The molecule has 1 aliphatic heterocycles. The average molecular weight is 474 g/mol. The van der Waals surface area contributed by atoms with Crippen LogP contribution in [0.4, 0.5) is 0 Å². The molecule has 1 heterocycles. The molecule has 0 N–H and O–H groups in total. The van der Waals surface area contributed by atoms with E-state index in [0.29, 0.717) is 0 Å². The van der Waals surface area contributed by atoms with E-state index >= 15 is 0 Å². The van der Waals surface area contributed by atoms with Crippen LogP contribution in [0.2, 0.25) is 0 Å². The third kappa shape index (κ3) is 6.73. The number of methoxy groups -OCH3 is 1. The molecule has 12 heteroatoms. The SMILES string of the molecule is CO[C@@H]1O[C@H](COS(=O)(=O)c2ccc(C)cc2)[C@H](OC(C)=O)[C@H](OC(C)=O)[C@@H]1OC(C)=O. The zero-order valence-electron chi connectivity index (χ0n) is 18.3. The topological polar surface area (TPSA) is 141 Å². The summed E-state index contributed by atoms with van der Waals surface area (Å²) in [6, 6.07) is 5.98. The Morgan fingerprint density at radius 1 is 0.875 bits per heavy atom. The van der Waals surface area contributed by atoms with Crippen LogP contribution in [0.3, 0.4) is 0 Å². The summed E-state index contributed by atoms with van der Waals surface area (Å²) >= 11 is 0. The van der Waals surface area contributed by atoms with E-state index in [-0.39, 0.29) is 4.90 Å². The van der Waals surface area contributed by atoms with Gasteiger partial charge in [-0.3, -0.25) is 18.6 Å². The lowest BCUT2D eigenvalue weighted by molar-refractivity contribution is -0.300. The summed E-state index contributed by atoms with van der Waals surface area (Å²) in [5, 5.41) is 0. The van der Waals surface area contributed by atoms with Crippen LogP contribution in [0.25, 0.3) is 0 Å². The summed E-state index contributed by atoms with van der Waals surface area (Å²) in [7, 11) is -2.93. The first-order chi connectivity index (χ1) is 14.9. The van der Waals surface area contributed by atoms with Crippen molar-refractivity contribution in [2.75, 3.05) is 13.7 Å². The third-order valence-electron chi connectivity index (χ3n) is 4.43. The van der Waals surface area contributed by atoms with E-state index < -0.39 is 65.3 Å². The molecule has 0 amide bonds. The summed E-state index contributed by atoms with van der Waals surface area (Å²) < 4.78 is 56.8. The second-order valence-corrected chi connectivity index (χ2v) is 8.67. The zero-order chi connectivity index (χ0) is 24.1. The lowest BCUT2D eigenvalue weighted by atomic mass is 9.98. The fraction of sp³-hybridized carbons (Fsp3) is 0.550. The van der Waals surface area contributed by atoms with Crippen LogP contribution in [-0.2, 0) is 52.4 Å². The second-order valence-electron chi connectivity index (χ2n) is 7.05. The van der Waals surface area contributed by atoms with Crippen LogP contribution in [0.1, 0.15) is 26.3 Å². The first-order valence-electron chi connectivity index (χ1n) is 9.60. The number of ether oxygens (including phenoxy) is 5. The lowest BCUT2D eigenvalue weighted by Gasteiger charge is -2.43. The standard InChI is InChI=1S/C20H26O11S/c1-11-6-8-15(9-7-11)32(24,25)27-10-16-17(28-12(2)21)18(29-13(3)22)19(30-14(4)23)20(26-5)31-16/h6-9,16-20H,10H2,1-5H3/t16-,17+,18+,19+,20-/m1/s1. The molecule has 1 aromatic carbocycles. The van der Waals surface area contributed by atoms with Crippen molar-refractivity contribution in [2.24, 2.45) is 0 Å². The van der Waals surface area contributed by atoms with Gasteiger partial charge in [-0.15, -0.1) is 0 Å². The molecule has 178 valence electrons. The molecule has 0 aliphatic carbocycles. The van der Waals surface area contributed by atoms with Crippen molar-refractivity contribution in [1.82, 2.24) is 0 Å². The summed E-state index contributed by atoms with van der Waals surface area (Å²) in [5.41, 5.74) is 0.859. The molecule has 5 atom stereocenters. The van der Waals surface area contributed by atoms with Gasteiger partial charge in [0.1, 0.15) is 6.10 Å². The number of hydrogen-bond donors (Lipinski definition) is 0. The molecule has 0 aromatic heterocycles. The highest BCUT2D eigenvalue weighted by Crippen LogP contribution is 2.30. The predicted molar refractivity (Wildman–Crippen MR) is 107 cm³/mol.